The molecule has 1 aromatic heterocycles. The minimum atomic E-state index is -0.190. The Bertz CT molecular complexity index is 964. The van der Waals surface area contributed by atoms with Gasteiger partial charge in [0.25, 0.3) is 5.91 Å². The third kappa shape index (κ3) is 2.79. The Morgan fingerprint density at radius 1 is 1.23 bits per heavy atom. The molecular formula is C20H19N3O3. The number of rotatable bonds is 4. The maximum atomic E-state index is 13.0. The van der Waals surface area contributed by atoms with Crippen molar-refractivity contribution in [3.8, 4) is 22.8 Å². The van der Waals surface area contributed by atoms with Gasteiger partial charge in [-0.25, -0.2) is 0 Å². The minimum absolute atomic E-state index is 0.176. The average Bonchev–Trinajstić information content (AvgIpc) is 3.25. The number of benzene rings is 2. The van der Waals surface area contributed by atoms with Crippen molar-refractivity contribution >= 4 is 5.91 Å². The van der Waals surface area contributed by atoms with E-state index in [1.165, 1.54) is 0 Å². The van der Waals surface area contributed by atoms with Crippen molar-refractivity contribution in [2.24, 2.45) is 7.05 Å². The molecule has 1 amide bonds. The molecule has 0 bridgehead atoms. The molecule has 0 saturated carbocycles. The van der Waals surface area contributed by atoms with Crippen LogP contribution in [0.2, 0.25) is 0 Å². The van der Waals surface area contributed by atoms with Gasteiger partial charge in [0.05, 0.1) is 18.7 Å². The molecule has 132 valence electrons. The zero-order valence-corrected chi connectivity index (χ0v) is 14.6. The molecule has 2 aromatic carbocycles. The number of aryl methyl sites for hydroxylation is 1. The van der Waals surface area contributed by atoms with E-state index in [4.69, 9.17) is 9.47 Å². The number of hydrogen-bond donors (Lipinski definition) is 1. The topological polar surface area (TPSA) is 65.4 Å². The Labute approximate surface area is 151 Å². The first-order valence-electron chi connectivity index (χ1n) is 8.37. The molecular weight excluding hydrogens is 330 g/mol. The number of ether oxygens (including phenoxy) is 2. The van der Waals surface area contributed by atoms with Crippen LogP contribution in [0.4, 0.5) is 0 Å². The summed E-state index contributed by atoms with van der Waals surface area (Å²) in [6.45, 7) is 0.426. The Hall–Kier alpha value is -3.28. The van der Waals surface area contributed by atoms with E-state index in [0.717, 1.165) is 16.9 Å². The summed E-state index contributed by atoms with van der Waals surface area (Å²) in [5.74, 6) is 1.30. The van der Waals surface area contributed by atoms with Crippen LogP contribution in [0.25, 0.3) is 11.3 Å². The van der Waals surface area contributed by atoms with Crippen molar-refractivity contribution in [1.29, 1.82) is 0 Å². The first-order chi connectivity index (χ1) is 12.7. The van der Waals surface area contributed by atoms with Crippen LogP contribution in [-0.4, -0.2) is 29.4 Å². The second-order valence-corrected chi connectivity index (χ2v) is 6.14. The van der Waals surface area contributed by atoms with Gasteiger partial charge in [0, 0.05) is 24.4 Å². The summed E-state index contributed by atoms with van der Waals surface area (Å²) in [6.07, 6.45) is 1.72. The Kier molecular flexibility index (Phi) is 4.08. The quantitative estimate of drug-likeness (QED) is 0.786. The number of aromatic nitrogens is 2. The Morgan fingerprint density at radius 2 is 2.00 bits per heavy atom. The molecule has 1 N–H and O–H groups in total. The normalized spacial score (nSPS) is 15.2. The summed E-state index contributed by atoms with van der Waals surface area (Å²) in [5, 5.41) is 7.53. The van der Waals surface area contributed by atoms with Gasteiger partial charge in [0.15, 0.2) is 0 Å². The lowest BCUT2D eigenvalue weighted by molar-refractivity contribution is 0.0931. The molecule has 0 saturated heterocycles. The van der Waals surface area contributed by atoms with E-state index in [9.17, 15) is 4.79 Å². The fourth-order valence-electron chi connectivity index (χ4n) is 3.21. The molecule has 1 aliphatic rings. The first kappa shape index (κ1) is 16.2. The van der Waals surface area contributed by atoms with E-state index in [1.807, 2.05) is 48.5 Å². The highest BCUT2D eigenvalue weighted by atomic mass is 16.5. The van der Waals surface area contributed by atoms with Crippen LogP contribution >= 0.6 is 0 Å². The number of carbonyl (C=O) groups excluding carboxylic acids is 1. The molecule has 26 heavy (non-hydrogen) atoms. The SMILES string of the molecule is COc1ccccc1-c1nn(C)cc1C(=O)N[C@@H]1COc2ccccc21. The second kappa shape index (κ2) is 6.55. The molecule has 0 aliphatic carbocycles. The van der Waals surface area contributed by atoms with Gasteiger partial charge < -0.3 is 14.8 Å². The predicted molar refractivity (Wildman–Crippen MR) is 97.3 cm³/mol. The molecule has 3 aromatic rings. The first-order valence-corrected chi connectivity index (χ1v) is 8.37. The van der Waals surface area contributed by atoms with Gasteiger partial charge in [-0.05, 0) is 18.2 Å². The third-order valence-electron chi connectivity index (χ3n) is 4.44. The summed E-state index contributed by atoms with van der Waals surface area (Å²) >= 11 is 0. The average molecular weight is 349 g/mol. The van der Waals surface area contributed by atoms with Gasteiger partial charge >= 0.3 is 0 Å². The summed E-state index contributed by atoms with van der Waals surface area (Å²) in [4.78, 5) is 13.0. The Balaban J connectivity index is 1.66. The third-order valence-corrected chi connectivity index (χ3v) is 4.44. The van der Waals surface area contributed by atoms with Crippen molar-refractivity contribution in [3.05, 3.63) is 65.9 Å². The molecule has 1 atom stereocenters. The lowest BCUT2D eigenvalue weighted by atomic mass is 10.1. The summed E-state index contributed by atoms with van der Waals surface area (Å²) in [6, 6.07) is 15.1. The smallest absolute Gasteiger partial charge is 0.255 e. The number of nitrogens with zero attached hydrogens (tertiary/aromatic N) is 2. The summed E-state index contributed by atoms with van der Waals surface area (Å²) < 4.78 is 12.7. The van der Waals surface area contributed by atoms with Crippen molar-refractivity contribution in [2.45, 2.75) is 6.04 Å². The molecule has 6 nitrogen and oxygen atoms in total. The number of fused-ring (bicyclic) bond motifs is 1. The Morgan fingerprint density at radius 3 is 2.85 bits per heavy atom. The van der Waals surface area contributed by atoms with Crippen LogP contribution in [0.15, 0.2) is 54.7 Å². The standard InChI is InChI=1S/C20H19N3O3/c1-23-11-15(19(22-23)14-8-4-5-9-17(14)25-2)20(24)21-16-12-26-18-10-6-3-7-13(16)18/h3-11,16H,12H2,1-2H3,(H,21,24)/t16-/m1/s1. The van der Waals surface area contributed by atoms with Crippen LogP contribution < -0.4 is 14.8 Å². The number of methoxy groups -OCH3 is 1. The van der Waals surface area contributed by atoms with Crippen LogP contribution in [0.5, 0.6) is 11.5 Å². The van der Waals surface area contributed by atoms with Crippen LogP contribution in [0.1, 0.15) is 22.0 Å². The van der Waals surface area contributed by atoms with Crippen molar-refractivity contribution in [2.75, 3.05) is 13.7 Å². The predicted octanol–water partition coefficient (Wildman–Crippen LogP) is 2.96. The number of para-hydroxylation sites is 2. The van der Waals surface area contributed by atoms with Crippen molar-refractivity contribution in [1.82, 2.24) is 15.1 Å². The zero-order valence-electron chi connectivity index (χ0n) is 14.6. The van der Waals surface area contributed by atoms with E-state index in [0.29, 0.717) is 23.6 Å². The van der Waals surface area contributed by atoms with Gasteiger partial charge in [0.2, 0.25) is 0 Å². The van der Waals surface area contributed by atoms with Gasteiger partial charge in [-0.2, -0.15) is 5.10 Å². The fourth-order valence-corrected chi connectivity index (χ4v) is 3.21. The van der Waals surface area contributed by atoms with E-state index in [2.05, 4.69) is 10.4 Å². The van der Waals surface area contributed by atoms with Crippen LogP contribution in [0.3, 0.4) is 0 Å². The van der Waals surface area contributed by atoms with E-state index < -0.39 is 0 Å². The molecule has 6 heteroatoms. The molecule has 1 aliphatic heterocycles. The van der Waals surface area contributed by atoms with Gasteiger partial charge in [0.1, 0.15) is 23.8 Å². The maximum absolute atomic E-state index is 13.0. The van der Waals surface area contributed by atoms with Gasteiger partial charge in [-0.3, -0.25) is 9.48 Å². The molecule has 0 fully saturated rings. The number of hydrogen-bond acceptors (Lipinski definition) is 4. The monoisotopic (exact) mass is 349 g/mol. The lowest BCUT2D eigenvalue weighted by Gasteiger charge is -2.12. The number of amides is 1. The molecule has 4 rings (SSSR count). The van der Waals surface area contributed by atoms with Crippen LogP contribution in [0, 0.1) is 0 Å². The molecule has 0 unspecified atom stereocenters. The lowest BCUT2D eigenvalue weighted by Crippen LogP contribution is -2.29. The largest absolute Gasteiger partial charge is 0.496 e. The number of nitrogens with one attached hydrogen (secondary N) is 1. The van der Waals surface area contributed by atoms with Crippen LogP contribution in [-0.2, 0) is 7.05 Å². The number of carbonyl (C=O) groups is 1. The molecule has 2 heterocycles. The van der Waals surface area contributed by atoms with Crippen molar-refractivity contribution < 1.29 is 14.3 Å². The molecule has 0 spiro atoms. The summed E-state index contributed by atoms with van der Waals surface area (Å²) in [7, 11) is 3.40. The fraction of sp³-hybridized carbons (Fsp3) is 0.200. The summed E-state index contributed by atoms with van der Waals surface area (Å²) in [5.41, 5.74) is 2.86. The highest BCUT2D eigenvalue weighted by Crippen LogP contribution is 2.33. The second-order valence-electron chi connectivity index (χ2n) is 6.14. The highest BCUT2D eigenvalue weighted by Gasteiger charge is 2.27. The van der Waals surface area contributed by atoms with Crippen molar-refractivity contribution in [3.63, 3.8) is 0 Å². The van der Waals surface area contributed by atoms with Gasteiger partial charge in [-0.15, -0.1) is 0 Å². The minimum Gasteiger partial charge on any atom is -0.496 e. The zero-order chi connectivity index (χ0) is 18.1. The van der Waals surface area contributed by atoms with E-state index >= 15 is 0 Å². The van der Waals surface area contributed by atoms with E-state index in [-0.39, 0.29) is 11.9 Å². The highest BCUT2D eigenvalue weighted by molar-refractivity contribution is 6.00. The maximum Gasteiger partial charge on any atom is 0.255 e. The molecule has 0 radical (unpaired) electrons. The van der Waals surface area contributed by atoms with Gasteiger partial charge in [-0.1, -0.05) is 30.3 Å². The van der Waals surface area contributed by atoms with E-state index in [1.54, 1.807) is 25.0 Å².